The van der Waals surface area contributed by atoms with Crippen LogP contribution in [0.5, 0.6) is 0 Å². The molecule has 0 saturated heterocycles. The lowest BCUT2D eigenvalue weighted by Crippen LogP contribution is -2.19. The zero-order valence-electron chi connectivity index (χ0n) is 11.4. The quantitative estimate of drug-likeness (QED) is 0.351. The molecule has 1 N–H and O–H groups in total. The monoisotopic (exact) mass is 392 g/mol. The number of benzene rings is 1. The van der Waals surface area contributed by atoms with Crippen molar-refractivity contribution in [1.29, 1.82) is 0 Å². The highest BCUT2D eigenvalue weighted by Crippen LogP contribution is 2.31. The summed E-state index contributed by atoms with van der Waals surface area (Å²) < 4.78 is 13.9. The molecule has 0 radical (unpaired) electrons. The van der Waals surface area contributed by atoms with E-state index in [1.165, 1.54) is 18.6 Å². The molecule has 0 aliphatic heterocycles. The summed E-state index contributed by atoms with van der Waals surface area (Å²) in [5.74, 6) is 0.283. The molecule has 2 rings (SSSR count). The summed E-state index contributed by atoms with van der Waals surface area (Å²) in [7, 11) is 0. The molecular formula is C14H18FIN2O2. The van der Waals surface area contributed by atoms with Crippen molar-refractivity contribution in [3.63, 3.8) is 0 Å². The zero-order valence-corrected chi connectivity index (χ0v) is 13.5. The van der Waals surface area contributed by atoms with Crippen LogP contribution in [-0.4, -0.2) is 11.0 Å². The third-order valence-electron chi connectivity index (χ3n) is 3.85. The van der Waals surface area contributed by atoms with E-state index < -0.39 is 10.7 Å². The van der Waals surface area contributed by atoms with E-state index in [1.807, 2.05) is 0 Å². The average molecular weight is 392 g/mol. The molecule has 0 amide bonds. The largest absolute Gasteiger partial charge is 0.377 e. The van der Waals surface area contributed by atoms with Gasteiger partial charge in [0.25, 0.3) is 5.69 Å². The van der Waals surface area contributed by atoms with Crippen LogP contribution in [0.4, 0.5) is 15.8 Å². The van der Waals surface area contributed by atoms with Crippen molar-refractivity contribution in [3.8, 4) is 0 Å². The average Bonchev–Trinajstić information content (AvgIpc) is 2.58. The number of anilines is 1. The van der Waals surface area contributed by atoms with Gasteiger partial charge in [-0.05, 0) is 47.8 Å². The summed E-state index contributed by atoms with van der Waals surface area (Å²) in [5, 5.41) is 14.3. The maximum Gasteiger partial charge on any atom is 0.293 e. The highest BCUT2D eigenvalue weighted by Gasteiger charge is 2.22. The standard InChI is InChI=1S/C14H18FIN2O2/c1-9-3-2-4-10(6-5-9)17-13-7-11(15)12(16)8-14(13)18(19)20/h7-10,17H,2-6H2,1H3. The number of rotatable bonds is 3. The van der Waals surface area contributed by atoms with Gasteiger partial charge >= 0.3 is 0 Å². The molecule has 0 aromatic heterocycles. The summed E-state index contributed by atoms with van der Waals surface area (Å²) in [6.45, 7) is 2.23. The Labute approximate surface area is 131 Å². The van der Waals surface area contributed by atoms with Gasteiger partial charge in [-0.15, -0.1) is 0 Å². The van der Waals surface area contributed by atoms with Crippen molar-refractivity contribution in [2.75, 3.05) is 5.32 Å². The van der Waals surface area contributed by atoms with Crippen molar-refractivity contribution in [2.24, 2.45) is 5.92 Å². The molecule has 1 aliphatic carbocycles. The van der Waals surface area contributed by atoms with Crippen LogP contribution in [0.3, 0.4) is 0 Å². The molecule has 1 fully saturated rings. The van der Waals surface area contributed by atoms with Gasteiger partial charge in [-0.2, -0.15) is 0 Å². The molecule has 1 saturated carbocycles. The van der Waals surface area contributed by atoms with Crippen LogP contribution >= 0.6 is 22.6 Å². The van der Waals surface area contributed by atoms with Crippen LogP contribution in [0, 0.1) is 25.4 Å². The van der Waals surface area contributed by atoms with Crippen LogP contribution in [0.25, 0.3) is 0 Å². The molecule has 1 aromatic carbocycles. The number of nitro groups is 1. The smallest absolute Gasteiger partial charge is 0.293 e. The fourth-order valence-electron chi connectivity index (χ4n) is 2.65. The van der Waals surface area contributed by atoms with Crippen LogP contribution in [0.2, 0.25) is 0 Å². The van der Waals surface area contributed by atoms with E-state index in [0.29, 0.717) is 11.6 Å². The number of nitrogens with one attached hydrogen (secondary N) is 1. The molecule has 6 heteroatoms. The Bertz CT molecular complexity index is 510. The molecule has 0 heterocycles. The Morgan fingerprint density at radius 2 is 2.10 bits per heavy atom. The lowest BCUT2D eigenvalue weighted by Gasteiger charge is -2.18. The van der Waals surface area contributed by atoms with E-state index in [-0.39, 0.29) is 15.3 Å². The Balaban J connectivity index is 2.19. The van der Waals surface area contributed by atoms with Gasteiger partial charge < -0.3 is 5.32 Å². The minimum Gasteiger partial charge on any atom is -0.377 e. The van der Waals surface area contributed by atoms with Crippen molar-refractivity contribution in [1.82, 2.24) is 0 Å². The third-order valence-corrected chi connectivity index (χ3v) is 4.68. The Morgan fingerprint density at radius 1 is 1.35 bits per heavy atom. The Morgan fingerprint density at radius 3 is 2.80 bits per heavy atom. The van der Waals surface area contributed by atoms with Gasteiger partial charge in [0, 0.05) is 18.2 Å². The van der Waals surface area contributed by atoms with Crippen molar-refractivity contribution in [3.05, 3.63) is 31.6 Å². The maximum absolute atomic E-state index is 13.6. The van der Waals surface area contributed by atoms with Gasteiger partial charge in [-0.3, -0.25) is 10.1 Å². The highest BCUT2D eigenvalue weighted by molar-refractivity contribution is 14.1. The summed E-state index contributed by atoms with van der Waals surface area (Å²) in [4.78, 5) is 10.6. The second kappa shape index (κ2) is 6.69. The number of nitro benzene ring substituents is 1. The number of nitrogens with zero attached hydrogens (tertiary/aromatic N) is 1. The first kappa shape index (κ1) is 15.5. The molecule has 2 atom stereocenters. The minimum absolute atomic E-state index is 0.0481. The SMILES string of the molecule is CC1CCCC(Nc2cc(F)c(I)cc2[N+](=O)[O-])CC1. The molecule has 1 aliphatic rings. The predicted octanol–water partition coefficient (Wildman–Crippen LogP) is 4.72. The van der Waals surface area contributed by atoms with Crippen LogP contribution in [0.15, 0.2) is 12.1 Å². The molecule has 110 valence electrons. The predicted molar refractivity (Wildman–Crippen MR) is 85.4 cm³/mol. The van der Waals surface area contributed by atoms with Crippen LogP contribution in [0.1, 0.15) is 39.0 Å². The summed E-state index contributed by atoms with van der Waals surface area (Å²) in [5.41, 5.74) is 0.251. The Kier molecular flexibility index (Phi) is 5.17. The normalized spacial score (nSPS) is 23.1. The van der Waals surface area contributed by atoms with Gasteiger partial charge in [0.1, 0.15) is 11.5 Å². The van der Waals surface area contributed by atoms with E-state index in [4.69, 9.17) is 0 Å². The summed E-state index contributed by atoms with van der Waals surface area (Å²) >= 11 is 1.77. The molecule has 20 heavy (non-hydrogen) atoms. The first-order chi connectivity index (χ1) is 9.47. The van der Waals surface area contributed by atoms with Gasteiger partial charge in [0.15, 0.2) is 0 Å². The molecule has 2 unspecified atom stereocenters. The third kappa shape index (κ3) is 3.80. The van der Waals surface area contributed by atoms with E-state index in [0.717, 1.165) is 25.7 Å². The first-order valence-electron chi connectivity index (χ1n) is 6.87. The van der Waals surface area contributed by atoms with Crippen LogP contribution in [-0.2, 0) is 0 Å². The number of halogens is 2. The molecule has 4 nitrogen and oxygen atoms in total. The van der Waals surface area contributed by atoms with Gasteiger partial charge in [-0.1, -0.05) is 19.8 Å². The number of hydrogen-bond acceptors (Lipinski definition) is 3. The van der Waals surface area contributed by atoms with Gasteiger partial charge in [0.05, 0.1) is 8.49 Å². The molecular weight excluding hydrogens is 374 g/mol. The second-order valence-corrected chi connectivity index (χ2v) is 6.66. The fourth-order valence-corrected chi connectivity index (χ4v) is 3.11. The van der Waals surface area contributed by atoms with Crippen molar-refractivity contribution >= 4 is 34.0 Å². The summed E-state index contributed by atoms with van der Waals surface area (Å²) in [6.07, 6.45) is 5.38. The molecule has 1 aromatic rings. The van der Waals surface area contributed by atoms with Crippen molar-refractivity contribution < 1.29 is 9.31 Å². The molecule has 0 spiro atoms. The second-order valence-electron chi connectivity index (χ2n) is 5.50. The topological polar surface area (TPSA) is 55.2 Å². The van der Waals surface area contributed by atoms with E-state index in [2.05, 4.69) is 12.2 Å². The highest BCUT2D eigenvalue weighted by atomic mass is 127. The lowest BCUT2D eigenvalue weighted by molar-refractivity contribution is -0.384. The summed E-state index contributed by atoms with van der Waals surface area (Å²) in [6, 6.07) is 2.73. The lowest BCUT2D eigenvalue weighted by atomic mass is 10.0. The van der Waals surface area contributed by atoms with E-state index in [9.17, 15) is 14.5 Å². The first-order valence-corrected chi connectivity index (χ1v) is 7.95. The van der Waals surface area contributed by atoms with Crippen LogP contribution < -0.4 is 5.32 Å². The minimum atomic E-state index is -0.455. The fraction of sp³-hybridized carbons (Fsp3) is 0.571. The maximum atomic E-state index is 13.6. The Hall–Kier alpha value is -0.920. The van der Waals surface area contributed by atoms with Crippen molar-refractivity contribution in [2.45, 2.75) is 45.1 Å². The van der Waals surface area contributed by atoms with Gasteiger partial charge in [-0.25, -0.2) is 4.39 Å². The molecule has 0 bridgehead atoms. The van der Waals surface area contributed by atoms with E-state index >= 15 is 0 Å². The number of hydrogen-bond donors (Lipinski definition) is 1. The zero-order chi connectivity index (χ0) is 14.7. The van der Waals surface area contributed by atoms with Gasteiger partial charge in [0.2, 0.25) is 0 Å². The van der Waals surface area contributed by atoms with E-state index in [1.54, 1.807) is 22.6 Å².